The number of non-ortho nitro benzene ring substituents is 1. The van der Waals surface area contributed by atoms with Crippen molar-refractivity contribution in [1.29, 1.82) is 0 Å². The van der Waals surface area contributed by atoms with Crippen LogP contribution in [0.1, 0.15) is 48.9 Å². The first-order valence-corrected chi connectivity index (χ1v) is 11.6. The Hall–Kier alpha value is -3.72. The quantitative estimate of drug-likeness (QED) is 0.125. The van der Waals surface area contributed by atoms with Crippen LogP contribution in [0.3, 0.4) is 0 Å². The molecule has 0 unspecified atom stereocenters. The summed E-state index contributed by atoms with van der Waals surface area (Å²) in [6.07, 6.45) is 2.37. The minimum absolute atomic E-state index is 0.105. The molecule has 1 aliphatic rings. The minimum Gasteiger partial charge on any atom is -0.507 e. The van der Waals surface area contributed by atoms with Gasteiger partial charge >= 0.3 is 0 Å². The normalized spacial score (nSPS) is 17.1. The van der Waals surface area contributed by atoms with Gasteiger partial charge in [0.2, 0.25) is 0 Å². The number of likely N-dealkylation sites (tertiary alicyclic amines) is 1. The number of aliphatic hydroxyl groups excluding tert-OH is 1. The molecule has 0 aromatic heterocycles. The van der Waals surface area contributed by atoms with Crippen molar-refractivity contribution >= 4 is 23.1 Å². The molecular weight excluding hydrogens is 452 g/mol. The first-order valence-electron chi connectivity index (χ1n) is 11.6. The standard InChI is InChI=1S/C26H30N2O7/c1-4-5-14-35-21-11-10-19(15-17(21)2)24(29)22-23(18-8-6-9-20(16-18)28(32)33)27(12-7-13-34-3)26(31)25(22)30/h6,8-11,15-16,23,29H,4-5,7,12-14H2,1-3H3/b24-22+/t23-/m1/s1. The van der Waals surface area contributed by atoms with Gasteiger partial charge in [0.05, 0.1) is 23.1 Å². The van der Waals surface area contributed by atoms with E-state index in [-0.39, 0.29) is 23.6 Å². The summed E-state index contributed by atoms with van der Waals surface area (Å²) in [4.78, 5) is 38.2. The number of carbonyl (C=O) groups is 2. The van der Waals surface area contributed by atoms with Crippen LogP contribution in [0, 0.1) is 17.0 Å². The largest absolute Gasteiger partial charge is 0.507 e. The summed E-state index contributed by atoms with van der Waals surface area (Å²) in [6, 6.07) is 9.84. The Bertz CT molecular complexity index is 1140. The van der Waals surface area contributed by atoms with E-state index in [0.717, 1.165) is 18.4 Å². The number of ether oxygens (including phenoxy) is 2. The second-order valence-electron chi connectivity index (χ2n) is 8.37. The summed E-state index contributed by atoms with van der Waals surface area (Å²) >= 11 is 0. The van der Waals surface area contributed by atoms with Crippen LogP contribution >= 0.6 is 0 Å². The maximum Gasteiger partial charge on any atom is 0.295 e. The number of nitrogens with zero attached hydrogens (tertiary/aromatic N) is 2. The first-order chi connectivity index (χ1) is 16.8. The molecule has 0 bridgehead atoms. The maximum absolute atomic E-state index is 13.1. The average molecular weight is 483 g/mol. The summed E-state index contributed by atoms with van der Waals surface area (Å²) in [6.45, 7) is 5.02. The van der Waals surface area contributed by atoms with Crippen molar-refractivity contribution in [2.45, 2.75) is 39.2 Å². The van der Waals surface area contributed by atoms with Gasteiger partial charge in [-0.15, -0.1) is 0 Å². The van der Waals surface area contributed by atoms with Crippen LogP contribution in [-0.2, 0) is 14.3 Å². The van der Waals surface area contributed by atoms with Gasteiger partial charge in [-0.2, -0.15) is 0 Å². The SMILES string of the molecule is CCCCOc1ccc(/C(O)=C2\C(=O)C(=O)N(CCCOC)[C@@H]2c2cccc([N+](=O)[O-])c2)cc1C. The van der Waals surface area contributed by atoms with E-state index in [0.29, 0.717) is 36.5 Å². The lowest BCUT2D eigenvalue weighted by atomic mass is 9.94. The molecule has 1 heterocycles. The lowest BCUT2D eigenvalue weighted by Crippen LogP contribution is -2.31. The number of benzene rings is 2. The number of aryl methyl sites for hydroxylation is 1. The Morgan fingerprint density at radius 3 is 2.57 bits per heavy atom. The Morgan fingerprint density at radius 2 is 1.91 bits per heavy atom. The van der Waals surface area contributed by atoms with Crippen molar-refractivity contribution < 1.29 is 29.1 Å². The van der Waals surface area contributed by atoms with Gasteiger partial charge in [0.15, 0.2) is 0 Å². The molecule has 0 radical (unpaired) electrons. The minimum atomic E-state index is -0.965. The molecule has 3 rings (SSSR count). The number of aliphatic hydroxyl groups is 1. The van der Waals surface area contributed by atoms with Crippen molar-refractivity contribution in [2.75, 3.05) is 26.9 Å². The Kier molecular flexibility index (Phi) is 8.59. The molecule has 186 valence electrons. The second kappa shape index (κ2) is 11.6. The second-order valence-corrected chi connectivity index (χ2v) is 8.37. The summed E-state index contributed by atoms with van der Waals surface area (Å²) in [5.41, 5.74) is 1.22. The van der Waals surface area contributed by atoms with Gasteiger partial charge in [0.1, 0.15) is 11.5 Å². The third kappa shape index (κ3) is 5.68. The number of carbonyl (C=O) groups excluding carboxylic acids is 2. The molecule has 1 amide bonds. The number of Topliss-reactive ketones (excluding diaryl/α,β-unsaturated/α-hetero) is 1. The average Bonchev–Trinajstić information content (AvgIpc) is 3.10. The third-order valence-electron chi connectivity index (χ3n) is 5.89. The number of amides is 1. The van der Waals surface area contributed by atoms with E-state index in [1.165, 1.54) is 30.2 Å². The monoisotopic (exact) mass is 482 g/mol. The fourth-order valence-corrected chi connectivity index (χ4v) is 4.09. The smallest absolute Gasteiger partial charge is 0.295 e. The molecule has 2 aromatic carbocycles. The van der Waals surface area contributed by atoms with E-state index in [1.54, 1.807) is 24.3 Å². The van der Waals surface area contributed by atoms with Gasteiger partial charge in [0, 0.05) is 38.0 Å². The third-order valence-corrected chi connectivity index (χ3v) is 5.89. The van der Waals surface area contributed by atoms with E-state index >= 15 is 0 Å². The molecule has 9 heteroatoms. The van der Waals surface area contributed by atoms with Crippen LogP contribution in [0.4, 0.5) is 5.69 Å². The van der Waals surface area contributed by atoms with Gasteiger partial charge in [-0.25, -0.2) is 0 Å². The summed E-state index contributed by atoms with van der Waals surface area (Å²) < 4.78 is 10.8. The highest BCUT2D eigenvalue weighted by molar-refractivity contribution is 6.46. The first kappa shape index (κ1) is 25.9. The van der Waals surface area contributed by atoms with Crippen LogP contribution in [0.25, 0.3) is 5.76 Å². The van der Waals surface area contributed by atoms with Gasteiger partial charge in [-0.1, -0.05) is 25.5 Å². The zero-order valence-corrected chi connectivity index (χ0v) is 20.2. The molecule has 1 atom stereocenters. The number of ketones is 1. The van der Waals surface area contributed by atoms with Gasteiger partial charge in [0.25, 0.3) is 17.4 Å². The van der Waals surface area contributed by atoms with E-state index < -0.39 is 22.7 Å². The van der Waals surface area contributed by atoms with Crippen molar-refractivity contribution in [3.63, 3.8) is 0 Å². The number of rotatable bonds is 11. The molecule has 35 heavy (non-hydrogen) atoms. The molecule has 1 saturated heterocycles. The summed E-state index contributed by atoms with van der Waals surface area (Å²) in [5, 5.41) is 22.6. The summed E-state index contributed by atoms with van der Waals surface area (Å²) in [5.74, 6) is -1.27. The highest BCUT2D eigenvalue weighted by atomic mass is 16.6. The lowest BCUT2D eigenvalue weighted by molar-refractivity contribution is -0.384. The lowest BCUT2D eigenvalue weighted by Gasteiger charge is -2.25. The van der Waals surface area contributed by atoms with Crippen molar-refractivity contribution in [2.24, 2.45) is 0 Å². The van der Waals surface area contributed by atoms with Gasteiger partial charge < -0.3 is 19.5 Å². The molecular formula is C26H30N2O7. The Morgan fingerprint density at radius 1 is 1.14 bits per heavy atom. The van der Waals surface area contributed by atoms with Gasteiger partial charge in [-0.3, -0.25) is 19.7 Å². The van der Waals surface area contributed by atoms with Crippen LogP contribution in [0.15, 0.2) is 48.0 Å². The molecule has 9 nitrogen and oxygen atoms in total. The number of hydrogen-bond acceptors (Lipinski definition) is 7. The van der Waals surface area contributed by atoms with Crippen molar-refractivity contribution in [3.8, 4) is 5.75 Å². The molecule has 0 aliphatic carbocycles. The molecule has 0 saturated carbocycles. The number of methoxy groups -OCH3 is 1. The van der Waals surface area contributed by atoms with Crippen molar-refractivity contribution in [1.82, 2.24) is 4.90 Å². The van der Waals surface area contributed by atoms with E-state index in [2.05, 4.69) is 6.92 Å². The molecule has 1 N–H and O–H groups in total. The van der Waals surface area contributed by atoms with Crippen molar-refractivity contribution in [3.05, 3.63) is 74.8 Å². The number of hydrogen-bond donors (Lipinski definition) is 1. The maximum atomic E-state index is 13.1. The van der Waals surface area contributed by atoms with E-state index in [4.69, 9.17) is 9.47 Å². The van der Waals surface area contributed by atoms with Crippen LogP contribution in [0.2, 0.25) is 0 Å². The van der Waals surface area contributed by atoms with E-state index in [9.17, 15) is 24.8 Å². The van der Waals surface area contributed by atoms with Crippen LogP contribution in [0.5, 0.6) is 5.75 Å². The van der Waals surface area contributed by atoms with Crippen LogP contribution < -0.4 is 4.74 Å². The van der Waals surface area contributed by atoms with E-state index in [1.807, 2.05) is 6.92 Å². The fraction of sp³-hybridized carbons (Fsp3) is 0.385. The zero-order chi connectivity index (χ0) is 25.5. The number of nitro groups is 1. The highest BCUT2D eigenvalue weighted by Crippen LogP contribution is 2.40. The molecule has 2 aromatic rings. The Labute approximate surface area is 204 Å². The van der Waals surface area contributed by atoms with Crippen LogP contribution in [-0.4, -0.2) is 53.5 Å². The predicted octanol–water partition coefficient (Wildman–Crippen LogP) is 4.54. The van der Waals surface area contributed by atoms with Gasteiger partial charge in [-0.05, 0) is 49.1 Å². The zero-order valence-electron chi connectivity index (χ0n) is 20.2. The summed E-state index contributed by atoms with van der Waals surface area (Å²) in [7, 11) is 1.53. The number of nitro benzene ring substituents is 1. The Balaban J connectivity index is 2.08. The topological polar surface area (TPSA) is 119 Å². The molecule has 1 fully saturated rings. The highest BCUT2D eigenvalue weighted by Gasteiger charge is 2.46. The fourth-order valence-electron chi connectivity index (χ4n) is 4.09. The molecule has 0 spiro atoms. The molecule has 1 aliphatic heterocycles. The predicted molar refractivity (Wildman–Crippen MR) is 130 cm³/mol. The number of unbranched alkanes of at least 4 members (excludes halogenated alkanes) is 1.